The number of hydrogen-bond acceptors (Lipinski definition) is 4. The summed E-state index contributed by atoms with van der Waals surface area (Å²) >= 11 is 0. The van der Waals surface area contributed by atoms with Crippen molar-refractivity contribution in [3.8, 4) is 0 Å². The third-order valence-electron chi connectivity index (χ3n) is 3.41. The van der Waals surface area contributed by atoms with Gasteiger partial charge in [0.15, 0.2) is 9.84 Å². The molecule has 0 aromatic heterocycles. The first-order valence-corrected chi connectivity index (χ1v) is 7.03. The molecule has 0 saturated carbocycles. The maximum absolute atomic E-state index is 12.2. The molecular formula is C10H21NO3S. The Hall–Kier alpha value is -0.130. The summed E-state index contributed by atoms with van der Waals surface area (Å²) in [5, 5.41) is 2.29. The van der Waals surface area contributed by atoms with E-state index in [4.69, 9.17) is 4.74 Å². The van der Waals surface area contributed by atoms with Gasteiger partial charge in [0.1, 0.15) is 0 Å². The van der Waals surface area contributed by atoms with Crippen molar-refractivity contribution >= 4 is 9.84 Å². The topological polar surface area (TPSA) is 55.4 Å². The number of rotatable bonds is 4. The van der Waals surface area contributed by atoms with E-state index in [1.807, 2.05) is 13.8 Å². The molecule has 1 aliphatic heterocycles. The van der Waals surface area contributed by atoms with Crippen LogP contribution in [0.4, 0.5) is 0 Å². The SMILES string of the molecule is CNC(C)C(C)S(=O)(=O)C1CCOC1C. The summed E-state index contributed by atoms with van der Waals surface area (Å²) in [5.74, 6) is 0. The van der Waals surface area contributed by atoms with Crippen LogP contribution in [0.3, 0.4) is 0 Å². The lowest BCUT2D eigenvalue weighted by molar-refractivity contribution is 0.126. The zero-order valence-electron chi connectivity index (χ0n) is 9.86. The summed E-state index contributed by atoms with van der Waals surface area (Å²) in [6, 6.07) is -0.0252. The van der Waals surface area contributed by atoms with Gasteiger partial charge >= 0.3 is 0 Å². The lowest BCUT2D eigenvalue weighted by atomic mass is 10.2. The Labute approximate surface area is 92.3 Å². The Balaban J connectivity index is 2.82. The molecule has 4 nitrogen and oxygen atoms in total. The van der Waals surface area contributed by atoms with E-state index in [-0.39, 0.29) is 22.6 Å². The van der Waals surface area contributed by atoms with Crippen molar-refractivity contribution in [1.29, 1.82) is 0 Å². The van der Waals surface area contributed by atoms with Crippen LogP contribution in [-0.4, -0.2) is 44.7 Å². The molecule has 0 radical (unpaired) electrons. The molecule has 0 spiro atoms. The van der Waals surface area contributed by atoms with Crippen molar-refractivity contribution in [2.75, 3.05) is 13.7 Å². The van der Waals surface area contributed by atoms with Gasteiger partial charge in [-0.1, -0.05) is 0 Å². The van der Waals surface area contributed by atoms with E-state index in [2.05, 4.69) is 5.32 Å². The van der Waals surface area contributed by atoms with Gasteiger partial charge in [0.2, 0.25) is 0 Å². The lowest BCUT2D eigenvalue weighted by Gasteiger charge is -2.24. The van der Waals surface area contributed by atoms with Gasteiger partial charge in [-0.25, -0.2) is 8.42 Å². The van der Waals surface area contributed by atoms with Crippen molar-refractivity contribution in [2.24, 2.45) is 0 Å². The standard InChI is InChI=1S/C10H21NO3S/c1-7(11-4)9(3)15(12,13)10-5-6-14-8(10)2/h7-11H,5-6H2,1-4H3. The molecule has 1 saturated heterocycles. The Kier molecular flexibility index (Phi) is 4.14. The second-order valence-electron chi connectivity index (χ2n) is 4.27. The highest BCUT2D eigenvalue weighted by atomic mass is 32.2. The highest BCUT2D eigenvalue weighted by Gasteiger charge is 2.40. The molecule has 5 heteroatoms. The molecule has 0 aromatic carbocycles. The number of ether oxygens (including phenoxy) is 1. The molecular weight excluding hydrogens is 214 g/mol. The lowest BCUT2D eigenvalue weighted by Crippen LogP contribution is -2.44. The van der Waals surface area contributed by atoms with Gasteiger partial charge in [-0.3, -0.25) is 0 Å². The quantitative estimate of drug-likeness (QED) is 0.774. The first kappa shape index (κ1) is 12.9. The van der Waals surface area contributed by atoms with Gasteiger partial charge in [0.05, 0.1) is 16.6 Å². The van der Waals surface area contributed by atoms with E-state index in [1.165, 1.54) is 0 Å². The largest absolute Gasteiger partial charge is 0.377 e. The van der Waals surface area contributed by atoms with Gasteiger partial charge in [0.25, 0.3) is 0 Å². The van der Waals surface area contributed by atoms with Crippen LogP contribution in [0.1, 0.15) is 27.2 Å². The zero-order valence-corrected chi connectivity index (χ0v) is 10.7. The van der Waals surface area contributed by atoms with Crippen molar-refractivity contribution in [1.82, 2.24) is 5.32 Å². The maximum Gasteiger partial charge on any atom is 0.159 e. The van der Waals surface area contributed by atoms with Crippen LogP contribution >= 0.6 is 0 Å². The van der Waals surface area contributed by atoms with Gasteiger partial charge in [-0.05, 0) is 34.2 Å². The van der Waals surface area contributed by atoms with Crippen molar-refractivity contribution in [3.63, 3.8) is 0 Å². The molecule has 0 bridgehead atoms. The van der Waals surface area contributed by atoms with Crippen molar-refractivity contribution in [2.45, 2.75) is 49.8 Å². The third kappa shape index (κ3) is 2.52. The highest BCUT2D eigenvalue weighted by Crippen LogP contribution is 2.25. The third-order valence-corrected chi connectivity index (χ3v) is 6.31. The van der Waals surface area contributed by atoms with Gasteiger partial charge in [-0.2, -0.15) is 0 Å². The average Bonchev–Trinajstić information content (AvgIpc) is 2.62. The fourth-order valence-electron chi connectivity index (χ4n) is 1.94. The minimum Gasteiger partial charge on any atom is -0.377 e. The summed E-state index contributed by atoms with van der Waals surface area (Å²) < 4.78 is 29.8. The van der Waals surface area contributed by atoms with Gasteiger partial charge < -0.3 is 10.1 Å². The molecule has 1 aliphatic rings. The fourth-order valence-corrected chi connectivity index (χ4v) is 4.23. The van der Waals surface area contributed by atoms with E-state index in [9.17, 15) is 8.42 Å². The van der Waals surface area contributed by atoms with Crippen LogP contribution in [0.2, 0.25) is 0 Å². The predicted molar refractivity (Wildman–Crippen MR) is 60.7 cm³/mol. The Morgan fingerprint density at radius 1 is 1.40 bits per heavy atom. The number of sulfone groups is 1. The second kappa shape index (κ2) is 4.80. The van der Waals surface area contributed by atoms with Gasteiger partial charge in [0, 0.05) is 12.6 Å². The molecule has 4 unspecified atom stereocenters. The van der Waals surface area contributed by atoms with Crippen LogP contribution in [-0.2, 0) is 14.6 Å². The first-order chi connectivity index (χ1) is 6.91. The molecule has 1 N–H and O–H groups in total. The summed E-state index contributed by atoms with van der Waals surface area (Å²) in [7, 11) is -1.30. The highest BCUT2D eigenvalue weighted by molar-refractivity contribution is 7.92. The normalized spacial score (nSPS) is 31.5. The molecule has 0 aromatic rings. The van der Waals surface area contributed by atoms with E-state index in [0.717, 1.165) is 0 Å². The predicted octanol–water partition coefficient (Wildman–Crippen LogP) is 0.575. The molecule has 15 heavy (non-hydrogen) atoms. The average molecular weight is 235 g/mol. The van der Waals surface area contributed by atoms with Crippen LogP contribution in [0.25, 0.3) is 0 Å². The molecule has 0 amide bonds. The molecule has 1 rings (SSSR count). The summed E-state index contributed by atoms with van der Waals surface area (Å²) in [4.78, 5) is 0. The van der Waals surface area contributed by atoms with E-state index < -0.39 is 9.84 Å². The second-order valence-corrected chi connectivity index (χ2v) is 6.80. The van der Waals surface area contributed by atoms with Gasteiger partial charge in [-0.15, -0.1) is 0 Å². The smallest absolute Gasteiger partial charge is 0.159 e. The molecule has 90 valence electrons. The number of hydrogen-bond donors (Lipinski definition) is 1. The molecule has 4 atom stereocenters. The minimum atomic E-state index is -3.09. The van der Waals surface area contributed by atoms with Crippen LogP contribution in [0, 0.1) is 0 Å². The monoisotopic (exact) mass is 235 g/mol. The molecule has 0 aliphatic carbocycles. The Morgan fingerprint density at radius 2 is 2.00 bits per heavy atom. The van der Waals surface area contributed by atoms with Crippen LogP contribution in [0.15, 0.2) is 0 Å². The van der Waals surface area contributed by atoms with E-state index in [0.29, 0.717) is 13.0 Å². The van der Waals surface area contributed by atoms with Crippen molar-refractivity contribution < 1.29 is 13.2 Å². The first-order valence-electron chi connectivity index (χ1n) is 5.42. The van der Waals surface area contributed by atoms with Crippen LogP contribution < -0.4 is 5.32 Å². The zero-order chi connectivity index (χ0) is 11.6. The molecule has 1 heterocycles. The number of nitrogens with one attached hydrogen (secondary N) is 1. The minimum absolute atomic E-state index is 0.0252. The van der Waals surface area contributed by atoms with E-state index in [1.54, 1.807) is 14.0 Å². The Morgan fingerprint density at radius 3 is 2.40 bits per heavy atom. The maximum atomic E-state index is 12.2. The Bertz CT molecular complexity index is 302. The van der Waals surface area contributed by atoms with E-state index >= 15 is 0 Å². The summed E-state index contributed by atoms with van der Waals surface area (Å²) in [6.45, 7) is 6.06. The fraction of sp³-hybridized carbons (Fsp3) is 1.00. The van der Waals surface area contributed by atoms with Crippen molar-refractivity contribution in [3.05, 3.63) is 0 Å². The molecule has 1 fully saturated rings. The summed E-state index contributed by atoms with van der Waals surface area (Å²) in [5.41, 5.74) is 0. The summed E-state index contributed by atoms with van der Waals surface area (Å²) in [6.07, 6.45) is 0.464. The van der Waals surface area contributed by atoms with Crippen LogP contribution in [0.5, 0.6) is 0 Å².